The van der Waals surface area contributed by atoms with E-state index in [4.69, 9.17) is 18.9 Å². The number of ketones is 2. The Morgan fingerprint density at radius 2 is 1.18 bits per heavy atom. The lowest BCUT2D eigenvalue weighted by molar-refractivity contribution is 0.0415. The van der Waals surface area contributed by atoms with Crippen LogP contribution >= 0.6 is 0 Å². The minimum Gasteiger partial charge on any atom is -0.496 e. The number of hydrogen-bond donors (Lipinski definition) is 0. The van der Waals surface area contributed by atoms with Gasteiger partial charge in [0, 0.05) is 11.3 Å². The fourth-order valence-corrected chi connectivity index (χ4v) is 5.09. The van der Waals surface area contributed by atoms with Gasteiger partial charge in [-0.1, -0.05) is 45.1 Å². The standard InChI is InChI=1S/C27H32O6/c1-26(2)15-10-16-27(3,25(29)22-19(32-6)13-9-14-20(22)33-7)24(26)23(28)21-17(30-4)11-8-12-18(21)31-5/h8-15,24H,16H2,1-7H3. The van der Waals surface area contributed by atoms with Crippen molar-refractivity contribution in [2.24, 2.45) is 16.7 Å². The molecule has 2 unspecified atom stereocenters. The average Bonchev–Trinajstić information content (AvgIpc) is 2.81. The van der Waals surface area contributed by atoms with Crippen molar-refractivity contribution in [2.45, 2.75) is 27.2 Å². The normalized spacial score (nSPS) is 21.2. The molecule has 2 atom stereocenters. The van der Waals surface area contributed by atoms with E-state index < -0.39 is 16.7 Å². The van der Waals surface area contributed by atoms with Gasteiger partial charge >= 0.3 is 0 Å². The van der Waals surface area contributed by atoms with Gasteiger partial charge in [-0.3, -0.25) is 9.59 Å². The maximum atomic E-state index is 14.2. The Labute approximate surface area is 195 Å². The molecule has 6 nitrogen and oxygen atoms in total. The van der Waals surface area contributed by atoms with E-state index in [9.17, 15) is 9.59 Å². The summed E-state index contributed by atoms with van der Waals surface area (Å²) in [6.45, 7) is 5.78. The Bertz CT molecular complexity index is 1040. The molecule has 0 aliphatic heterocycles. The highest BCUT2D eigenvalue weighted by Gasteiger charge is 2.54. The molecule has 0 spiro atoms. The van der Waals surface area contributed by atoms with E-state index in [1.165, 1.54) is 28.4 Å². The smallest absolute Gasteiger partial charge is 0.177 e. The fourth-order valence-electron chi connectivity index (χ4n) is 5.09. The number of carbonyl (C=O) groups is 2. The van der Waals surface area contributed by atoms with Gasteiger partial charge in [0.25, 0.3) is 0 Å². The number of carbonyl (C=O) groups excluding carboxylic acids is 2. The molecule has 3 rings (SSSR count). The lowest BCUT2D eigenvalue weighted by Crippen LogP contribution is -2.49. The van der Waals surface area contributed by atoms with E-state index in [1.807, 2.05) is 32.9 Å². The van der Waals surface area contributed by atoms with Crippen molar-refractivity contribution in [3.63, 3.8) is 0 Å². The summed E-state index contributed by atoms with van der Waals surface area (Å²) in [7, 11) is 6.06. The van der Waals surface area contributed by atoms with Crippen LogP contribution in [0.15, 0.2) is 48.6 Å². The van der Waals surface area contributed by atoms with Gasteiger partial charge in [-0.05, 0) is 36.1 Å². The van der Waals surface area contributed by atoms with Crippen molar-refractivity contribution in [3.8, 4) is 23.0 Å². The second-order valence-electron chi connectivity index (χ2n) is 9.05. The third kappa shape index (κ3) is 4.10. The molecule has 1 aliphatic rings. The summed E-state index contributed by atoms with van der Waals surface area (Å²) in [4.78, 5) is 28.4. The minimum absolute atomic E-state index is 0.205. The van der Waals surface area contributed by atoms with Gasteiger partial charge in [0.05, 0.1) is 28.4 Å². The molecule has 2 aromatic carbocycles. The Morgan fingerprint density at radius 3 is 1.61 bits per heavy atom. The van der Waals surface area contributed by atoms with Crippen molar-refractivity contribution >= 4 is 11.6 Å². The van der Waals surface area contributed by atoms with Gasteiger partial charge in [-0.15, -0.1) is 0 Å². The number of Topliss-reactive ketones (excluding diaryl/α,β-unsaturated/α-hetero) is 2. The van der Waals surface area contributed by atoms with Crippen LogP contribution in [0.4, 0.5) is 0 Å². The van der Waals surface area contributed by atoms with E-state index in [0.29, 0.717) is 40.5 Å². The van der Waals surface area contributed by atoms with Gasteiger partial charge in [-0.2, -0.15) is 0 Å². The number of benzene rings is 2. The van der Waals surface area contributed by atoms with Gasteiger partial charge in [0.2, 0.25) is 0 Å². The number of hydrogen-bond acceptors (Lipinski definition) is 6. The average molecular weight is 453 g/mol. The van der Waals surface area contributed by atoms with Crippen LogP contribution in [0.1, 0.15) is 47.9 Å². The van der Waals surface area contributed by atoms with Crippen molar-refractivity contribution in [2.75, 3.05) is 28.4 Å². The zero-order valence-electron chi connectivity index (χ0n) is 20.4. The zero-order valence-corrected chi connectivity index (χ0v) is 20.4. The van der Waals surface area contributed by atoms with Crippen LogP contribution < -0.4 is 18.9 Å². The summed E-state index contributed by atoms with van der Waals surface area (Å²) in [5, 5.41) is 0. The van der Waals surface area contributed by atoms with Crippen LogP contribution in [0.2, 0.25) is 0 Å². The van der Waals surface area contributed by atoms with Gasteiger partial charge in [0.1, 0.15) is 34.1 Å². The summed E-state index contributed by atoms with van der Waals surface area (Å²) >= 11 is 0. The molecule has 33 heavy (non-hydrogen) atoms. The highest BCUT2D eigenvalue weighted by molar-refractivity contribution is 6.11. The first kappa shape index (κ1) is 24.4. The first-order chi connectivity index (χ1) is 15.7. The summed E-state index contributed by atoms with van der Waals surface area (Å²) in [6, 6.07) is 10.4. The second kappa shape index (κ2) is 9.30. The number of ether oxygens (including phenoxy) is 4. The molecule has 0 fully saturated rings. The topological polar surface area (TPSA) is 71.1 Å². The first-order valence-electron chi connectivity index (χ1n) is 10.8. The molecule has 1 aliphatic carbocycles. The molecule has 176 valence electrons. The SMILES string of the molecule is COc1cccc(OC)c1C(=O)C1C(C)(C)C=CCC1(C)C(=O)c1c(OC)cccc1OC. The Balaban J connectivity index is 2.24. The van der Waals surface area contributed by atoms with E-state index in [-0.39, 0.29) is 11.6 Å². The highest BCUT2D eigenvalue weighted by atomic mass is 16.5. The monoisotopic (exact) mass is 452 g/mol. The Morgan fingerprint density at radius 1 is 0.758 bits per heavy atom. The molecule has 0 amide bonds. The maximum absolute atomic E-state index is 14.2. The minimum atomic E-state index is -1.07. The van der Waals surface area contributed by atoms with Gasteiger partial charge in [0.15, 0.2) is 11.6 Å². The summed E-state index contributed by atoms with van der Waals surface area (Å²) in [6.07, 6.45) is 4.37. The van der Waals surface area contributed by atoms with Crippen LogP contribution in [0.25, 0.3) is 0 Å². The zero-order chi connectivity index (χ0) is 24.4. The lowest BCUT2D eigenvalue weighted by Gasteiger charge is -2.46. The third-order valence-corrected chi connectivity index (χ3v) is 6.58. The van der Waals surface area contributed by atoms with Crippen molar-refractivity contribution < 1.29 is 28.5 Å². The Kier molecular flexibility index (Phi) is 6.86. The van der Waals surface area contributed by atoms with E-state index in [2.05, 4.69) is 0 Å². The predicted molar refractivity (Wildman–Crippen MR) is 127 cm³/mol. The van der Waals surface area contributed by atoms with E-state index in [1.54, 1.807) is 36.4 Å². The molecule has 0 aromatic heterocycles. The van der Waals surface area contributed by atoms with Crippen LogP contribution in [0, 0.1) is 16.7 Å². The maximum Gasteiger partial charge on any atom is 0.177 e. The van der Waals surface area contributed by atoms with Gasteiger partial charge in [-0.25, -0.2) is 0 Å². The first-order valence-corrected chi connectivity index (χ1v) is 10.8. The van der Waals surface area contributed by atoms with Crippen LogP contribution in [0.5, 0.6) is 23.0 Å². The third-order valence-electron chi connectivity index (χ3n) is 6.58. The quantitative estimate of drug-likeness (QED) is 0.395. The van der Waals surface area contributed by atoms with E-state index >= 15 is 0 Å². The van der Waals surface area contributed by atoms with Crippen LogP contribution in [0.3, 0.4) is 0 Å². The summed E-state index contributed by atoms with van der Waals surface area (Å²) in [5.74, 6) is 0.541. The van der Waals surface area contributed by atoms with Crippen LogP contribution in [-0.2, 0) is 0 Å². The number of allylic oxidation sites excluding steroid dienone is 2. The molecule has 0 bridgehead atoms. The molecule has 0 heterocycles. The van der Waals surface area contributed by atoms with E-state index in [0.717, 1.165) is 0 Å². The van der Waals surface area contributed by atoms with Gasteiger partial charge < -0.3 is 18.9 Å². The van der Waals surface area contributed by atoms with Crippen LogP contribution in [-0.4, -0.2) is 40.0 Å². The molecule has 0 N–H and O–H groups in total. The Hall–Kier alpha value is -3.28. The lowest BCUT2D eigenvalue weighted by atomic mass is 9.55. The second-order valence-corrected chi connectivity index (χ2v) is 9.05. The largest absolute Gasteiger partial charge is 0.496 e. The molecule has 2 aromatic rings. The highest BCUT2D eigenvalue weighted by Crippen LogP contribution is 2.53. The molecular formula is C27H32O6. The van der Waals surface area contributed by atoms with Crippen molar-refractivity contribution in [3.05, 3.63) is 59.7 Å². The molecular weight excluding hydrogens is 420 g/mol. The molecule has 6 heteroatoms. The molecule has 0 saturated carbocycles. The predicted octanol–water partition coefficient (Wildman–Crippen LogP) is 5.40. The summed E-state index contributed by atoms with van der Waals surface area (Å²) in [5.41, 5.74) is -1.01. The summed E-state index contributed by atoms with van der Waals surface area (Å²) < 4.78 is 22.0. The molecule has 0 radical (unpaired) electrons. The molecule has 0 saturated heterocycles. The fraction of sp³-hybridized carbons (Fsp3) is 0.407. The van der Waals surface area contributed by atoms with Crippen molar-refractivity contribution in [1.29, 1.82) is 0 Å². The number of rotatable bonds is 8. The number of methoxy groups -OCH3 is 4. The van der Waals surface area contributed by atoms with Crippen molar-refractivity contribution in [1.82, 2.24) is 0 Å².